The summed E-state index contributed by atoms with van der Waals surface area (Å²) in [5.41, 5.74) is 8.77. The molecule has 0 saturated heterocycles. The minimum Gasteiger partial charge on any atom is -0.494 e. The number of pyridine rings is 1. The number of benzene rings is 1. The number of nitrogens with one attached hydrogen (secondary N) is 2. The summed E-state index contributed by atoms with van der Waals surface area (Å²) in [6.07, 6.45) is 2.87. The first kappa shape index (κ1) is 15.4. The summed E-state index contributed by atoms with van der Waals surface area (Å²) in [7, 11) is 1.45. The molecular formula is C16H20FN3O. The van der Waals surface area contributed by atoms with Crippen LogP contribution in [0.2, 0.25) is 0 Å². The van der Waals surface area contributed by atoms with Crippen molar-refractivity contribution in [1.82, 2.24) is 15.8 Å². The maximum Gasteiger partial charge on any atom is 0.165 e. The third-order valence-electron chi connectivity index (χ3n) is 3.06. The lowest BCUT2D eigenvalue weighted by atomic mass is 10.1. The molecule has 0 fully saturated rings. The number of hydrazine groups is 1. The van der Waals surface area contributed by atoms with Crippen LogP contribution in [0.15, 0.2) is 36.5 Å². The largest absolute Gasteiger partial charge is 0.494 e. The van der Waals surface area contributed by atoms with Gasteiger partial charge in [-0.1, -0.05) is 13.0 Å². The molecular weight excluding hydrogens is 269 g/mol. The topological polar surface area (TPSA) is 46.2 Å². The summed E-state index contributed by atoms with van der Waals surface area (Å²) in [5, 5.41) is 0. The fourth-order valence-electron chi connectivity index (χ4n) is 1.90. The zero-order valence-corrected chi connectivity index (χ0v) is 12.3. The molecule has 2 aromatic rings. The Hall–Kier alpha value is -1.98. The van der Waals surface area contributed by atoms with E-state index in [0.717, 1.165) is 29.8 Å². The second-order valence-corrected chi connectivity index (χ2v) is 4.68. The van der Waals surface area contributed by atoms with E-state index in [1.165, 1.54) is 13.2 Å². The molecule has 0 saturated carbocycles. The van der Waals surface area contributed by atoms with Crippen LogP contribution in [0.4, 0.5) is 4.39 Å². The van der Waals surface area contributed by atoms with Crippen LogP contribution in [0.25, 0.3) is 11.3 Å². The van der Waals surface area contributed by atoms with E-state index < -0.39 is 0 Å². The SMILES string of the molecule is CCCNNCc1ccc(-c2ccc(OC)c(F)c2)nc1. The van der Waals surface area contributed by atoms with Crippen molar-refractivity contribution in [3.8, 4) is 17.0 Å². The third kappa shape index (κ3) is 4.24. The van der Waals surface area contributed by atoms with E-state index in [-0.39, 0.29) is 11.6 Å². The molecule has 1 heterocycles. The molecule has 0 aliphatic rings. The molecule has 0 aliphatic heterocycles. The normalized spacial score (nSPS) is 10.6. The Kier molecular flexibility index (Phi) is 5.66. The van der Waals surface area contributed by atoms with Crippen LogP contribution < -0.4 is 15.6 Å². The van der Waals surface area contributed by atoms with Crippen molar-refractivity contribution in [1.29, 1.82) is 0 Å². The number of nitrogens with zero attached hydrogens (tertiary/aromatic N) is 1. The Morgan fingerprint density at radius 2 is 2.05 bits per heavy atom. The van der Waals surface area contributed by atoms with Gasteiger partial charge < -0.3 is 4.74 Å². The minimum atomic E-state index is -0.383. The van der Waals surface area contributed by atoms with E-state index in [4.69, 9.17) is 4.74 Å². The lowest BCUT2D eigenvalue weighted by Crippen LogP contribution is -2.31. The van der Waals surface area contributed by atoms with Gasteiger partial charge in [-0.15, -0.1) is 0 Å². The highest BCUT2D eigenvalue weighted by Crippen LogP contribution is 2.24. The van der Waals surface area contributed by atoms with Crippen molar-refractivity contribution in [3.63, 3.8) is 0 Å². The first-order valence-electron chi connectivity index (χ1n) is 6.99. The van der Waals surface area contributed by atoms with E-state index >= 15 is 0 Å². The standard InChI is InChI=1S/C16H20FN3O/c1-3-8-19-20-11-12-4-6-15(18-10-12)13-5-7-16(21-2)14(17)9-13/h4-7,9-10,19-20H,3,8,11H2,1-2H3. The van der Waals surface area contributed by atoms with Gasteiger partial charge in [0.2, 0.25) is 0 Å². The highest BCUT2D eigenvalue weighted by atomic mass is 19.1. The summed E-state index contributed by atoms with van der Waals surface area (Å²) in [6, 6.07) is 8.70. The monoisotopic (exact) mass is 289 g/mol. The predicted octanol–water partition coefficient (Wildman–Crippen LogP) is 2.90. The van der Waals surface area contributed by atoms with Gasteiger partial charge in [0.05, 0.1) is 12.8 Å². The Morgan fingerprint density at radius 3 is 2.67 bits per heavy atom. The molecule has 1 aromatic carbocycles. The van der Waals surface area contributed by atoms with Crippen molar-refractivity contribution in [2.24, 2.45) is 0 Å². The van der Waals surface area contributed by atoms with Gasteiger partial charge in [0, 0.05) is 24.8 Å². The number of aromatic nitrogens is 1. The van der Waals surface area contributed by atoms with Gasteiger partial charge >= 0.3 is 0 Å². The predicted molar refractivity (Wildman–Crippen MR) is 81.3 cm³/mol. The lowest BCUT2D eigenvalue weighted by Gasteiger charge is -2.07. The first-order valence-corrected chi connectivity index (χ1v) is 6.99. The van der Waals surface area contributed by atoms with Crippen LogP contribution in [-0.4, -0.2) is 18.6 Å². The first-order chi connectivity index (χ1) is 10.2. The number of methoxy groups -OCH3 is 1. The van der Waals surface area contributed by atoms with Crippen molar-refractivity contribution in [2.75, 3.05) is 13.7 Å². The maximum absolute atomic E-state index is 13.7. The molecule has 0 aliphatic carbocycles. The molecule has 1 aromatic heterocycles. The van der Waals surface area contributed by atoms with E-state index in [2.05, 4.69) is 22.8 Å². The van der Waals surface area contributed by atoms with Gasteiger partial charge in [-0.25, -0.2) is 4.39 Å². The van der Waals surface area contributed by atoms with Crippen molar-refractivity contribution >= 4 is 0 Å². The van der Waals surface area contributed by atoms with Crippen molar-refractivity contribution in [3.05, 3.63) is 47.9 Å². The molecule has 2 N–H and O–H groups in total. The quantitative estimate of drug-likeness (QED) is 0.608. The molecule has 0 bridgehead atoms. The van der Waals surface area contributed by atoms with E-state index in [0.29, 0.717) is 6.54 Å². The van der Waals surface area contributed by atoms with Crippen molar-refractivity contribution < 1.29 is 9.13 Å². The number of hydrogen-bond acceptors (Lipinski definition) is 4. The zero-order chi connectivity index (χ0) is 15.1. The highest BCUT2D eigenvalue weighted by molar-refractivity contribution is 5.60. The van der Waals surface area contributed by atoms with Crippen LogP contribution in [-0.2, 0) is 6.54 Å². The average molecular weight is 289 g/mol. The third-order valence-corrected chi connectivity index (χ3v) is 3.06. The van der Waals surface area contributed by atoms with Crippen LogP contribution in [0, 0.1) is 5.82 Å². The van der Waals surface area contributed by atoms with E-state index in [9.17, 15) is 4.39 Å². The molecule has 0 amide bonds. The van der Waals surface area contributed by atoms with Crippen LogP contribution in [0.5, 0.6) is 5.75 Å². The highest BCUT2D eigenvalue weighted by Gasteiger charge is 2.06. The summed E-state index contributed by atoms with van der Waals surface area (Å²) in [5.74, 6) is -0.145. The Labute approximate surface area is 124 Å². The van der Waals surface area contributed by atoms with Crippen LogP contribution in [0.1, 0.15) is 18.9 Å². The van der Waals surface area contributed by atoms with E-state index in [1.807, 2.05) is 12.1 Å². The maximum atomic E-state index is 13.7. The van der Waals surface area contributed by atoms with Crippen LogP contribution >= 0.6 is 0 Å². The molecule has 5 heteroatoms. The fourth-order valence-corrected chi connectivity index (χ4v) is 1.90. The molecule has 0 spiro atoms. The minimum absolute atomic E-state index is 0.238. The Morgan fingerprint density at radius 1 is 1.19 bits per heavy atom. The molecule has 0 atom stereocenters. The second-order valence-electron chi connectivity index (χ2n) is 4.68. The Balaban J connectivity index is 2.03. The molecule has 0 unspecified atom stereocenters. The smallest absolute Gasteiger partial charge is 0.165 e. The second kappa shape index (κ2) is 7.71. The zero-order valence-electron chi connectivity index (χ0n) is 12.3. The van der Waals surface area contributed by atoms with Gasteiger partial charge in [0.15, 0.2) is 11.6 Å². The van der Waals surface area contributed by atoms with Gasteiger partial charge in [0.25, 0.3) is 0 Å². The molecule has 4 nitrogen and oxygen atoms in total. The number of halogens is 1. The Bertz CT molecular complexity index is 572. The number of ether oxygens (including phenoxy) is 1. The molecule has 2 rings (SSSR count). The van der Waals surface area contributed by atoms with Crippen LogP contribution in [0.3, 0.4) is 0 Å². The van der Waals surface area contributed by atoms with Gasteiger partial charge in [0.1, 0.15) is 0 Å². The molecule has 21 heavy (non-hydrogen) atoms. The average Bonchev–Trinajstić information content (AvgIpc) is 2.52. The van der Waals surface area contributed by atoms with Gasteiger partial charge in [-0.3, -0.25) is 15.8 Å². The van der Waals surface area contributed by atoms with Gasteiger partial charge in [-0.2, -0.15) is 0 Å². The number of hydrogen-bond donors (Lipinski definition) is 2. The summed E-state index contributed by atoms with van der Waals surface area (Å²) in [6.45, 7) is 3.74. The molecule has 112 valence electrons. The summed E-state index contributed by atoms with van der Waals surface area (Å²) in [4.78, 5) is 4.37. The summed E-state index contributed by atoms with van der Waals surface area (Å²) < 4.78 is 18.6. The van der Waals surface area contributed by atoms with Gasteiger partial charge in [-0.05, 0) is 36.2 Å². The lowest BCUT2D eigenvalue weighted by molar-refractivity contribution is 0.386. The fraction of sp³-hybridized carbons (Fsp3) is 0.312. The van der Waals surface area contributed by atoms with E-state index in [1.54, 1.807) is 18.3 Å². The molecule has 0 radical (unpaired) electrons. The number of rotatable bonds is 7. The summed E-state index contributed by atoms with van der Waals surface area (Å²) >= 11 is 0. The van der Waals surface area contributed by atoms with Crippen molar-refractivity contribution in [2.45, 2.75) is 19.9 Å².